The van der Waals surface area contributed by atoms with Crippen molar-refractivity contribution in [3.8, 4) is 5.75 Å². The fraction of sp³-hybridized carbons (Fsp3) is 0.400. The molecule has 0 bridgehead atoms. The molecule has 0 atom stereocenters. The summed E-state index contributed by atoms with van der Waals surface area (Å²) in [6.45, 7) is 4.49. The van der Waals surface area contributed by atoms with Gasteiger partial charge in [0.15, 0.2) is 0 Å². The first-order chi connectivity index (χ1) is 12.4. The number of hydrogen-bond donors (Lipinski definition) is 2. The Kier molecular flexibility index (Phi) is 5.11. The quantitative estimate of drug-likeness (QED) is 0.879. The molecule has 3 rings (SSSR count). The van der Waals surface area contributed by atoms with Gasteiger partial charge >= 0.3 is 0 Å². The highest BCUT2D eigenvalue weighted by molar-refractivity contribution is 6.06. The van der Waals surface area contributed by atoms with Gasteiger partial charge in [-0.15, -0.1) is 0 Å². The minimum absolute atomic E-state index is 0.224. The number of carbonyl (C=O) groups is 1. The Morgan fingerprint density at radius 2 is 2.04 bits per heavy atom. The Balaban J connectivity index is 2.08. The predicted octanol–water partition coefficient (Wildman–Crippen LogP) is 3.48. The number of aromatic nitrogens is 1. The van der Waals surface area contributed by atoms with Crippen LogP contribution in [-0.2, 0) is 19.4 Å². The van der Waals surface area contributed by atoms with E-state index in [1.807, 2.05) is 13.8 Å². The lowest BCUT2D eigenvalue weighted by atomic mass is 9.92. The molecular formula is C20H23FN2O3. The van der Waals surface area contributed by atoms with E-state index in [2.05, 4.69) is 5.32 Å². The van der Waals surface area contributed by atoms with Crippen LogP contribution in [0.2, 0.25) is 0 Å². The maximum Gasteiger partial charge on any atom is 0.267 e. The van der Waals surface area contributed by atoms with Gasteiger partial charge in [0.1, 0.15) is 17.1 Å². The van der Waals surface area contributed by atoms with Crippen LogP contribution in [0.1, 0.15) is 48.3 Å². The van der Waals surface area contributed by atoms with Gasteiger partial charge in [0, 0.05) is 23.5 Å². The summed E-state index contributed by atoms with van der Waals surface area (Å²) in [5.74, 6) is -1.22. The summed E-state index contributed by atoms with van der Waals surface area (Å²) in [4.78, 5) is 25.6. The third-order valence-electron chi connectivity index (χ3n) is 4.60. The number of benzene rings is 1. The van der Waals surface area contributed by atoms with Crippen LogP contribution in [0.15, 0.2) is 29.1 Å². The van der Waals surface area contributed by atoms with Crippen LogP contribution in [0.25, 0.3) is 0 Å². The normalized spacial score (nSPS) is 13.5. The second-order valence-electron chi connectivity index (χ2n) is 7.13. The van der Waals surface area contributed by atoms with Crippen molar-refractivity contribution in [1.82, 2.24) is 4.57 Å². The third kappa shape index (κ3) is 3.49. The average Bonchev–Trinajstić information content (AvgIpc) is 2.58. The number of halogens is 1. The Morgan fingerprint density at radius 3 is 2.73 bits per heavy atom. The van der Waals surface area contributed by atoms with E-state index in [0.29, 0.717) is 18.5 Å². The molecule has 26 heavy (non-hydrogen) atoms. The largest absolute Gasteiger partial charge is 0.507 e. The number of aromatic hydroxyl groups is 1. The lowest BCUT2D eigenvalue weighted by Crippen LogP contribution is -2.34. The monoisotopic (exact) mass is 358 g/mol. The number of amides is 1. The summed E-state index contributed by atoms with van der Waals surface area (Å²) in [5.41, 5.74) is 0.985. The third-order valence-corrected chi connectivity index (χ3v) is 4.60. The minimum Gasteiger partial charge on any atom is -0.507 e. The molecule has 6 heteroatoms. The van der Waals surface area contributed by atoms with Gasteiger partial charge in [-0.05, 0) is 49.8 Å². The number of anilines is 1. The van der Waals surface area contributed by atoms with Gasteiger partial charge in [-0.2, -0.15) is 0 Å². The highest BCUT2D eigenvalue weighted by atomic mass is 19.1. The molecule has 1 aliphatic rings. The Hall–Kier alpha value is -2.63. The van der Waals surface area contributed by atoms with Crippen LogP contribution in [0.5, 0.6) is 5.75 Å². The van der Waals surface area contributed by atoms with Crippen molar-refractivity contribution < 1.29 is 14.3 Å². The maximum atomic E-state index is 13.3. The van der Waals surface area contributed by atoms with Crippen molar-refractivity contribution in [2.24, 2.45) is 5.92 Å². The number of rotatable bonds is 4. The zero-order valence-corrected chi connectivity index (χ0v) is 15.0. The van der Waals surface area contributed by atoms with E-state index in [1.54, 1.807) is 4.57 Å². The topological polar surface area (TPSA) is 71.3 Å². The zero-order chi connectivity index (χ0) is 18.8. The van der Waals surface area contributed by atoms with Crippen LogP contribution < -0.4 is 10.9 Å². The van der Waals surface area contributed by atoms with E-state index in [-0.39, 0.29) is 22.9 Å². The van der Waals surface area contributed by atoms with Crippen LogP contribution in [0.3, 0.4) is 0 Å². The van der Waals surface area contributed by atoms with Gasteiger partial charge in [0.05, 0.1) is 0 Å². The van der Waals surface area contributed by atoms with Gasteiger partial charge in [-0.3, -0.25) is 9.59 Å². The Labute approximate surface area is 151 Å². The summed E-state index contributed by atoms with van der Waals surface area (Å²) in [7, 11) is 0. The summed E-state index contributed by atoms with van der Waals surface area (Å²) in [6, 6.07) is 5.43. The van der Waals surface area contributed by atoms with Crippen LogP contribution in [-0.4, -0.2) is 15.6 Å². The maximum absolute atomic E-state index is 13.3. The second-order valence-corrected chi connectivity index (χ2v) is 7.13. The Bertz CT molecular complexity index is 903. The lowest BCUT2D eigenvalue weighted by Gasteiger charge is -2.24. The molecule has 0 fully saturated rings. The van der Waals surface area contributed by atoms with E-state index >= 15 is 0 Å². The average molecular weight is 358 g/mol. The highest BCUT2D eigenvalue weighted by Crippen LogP contribution is 2.31. The second kappa shape index (κ2) is 7.32. The number of fused-ring (bicyclic) bond motifs is 1. The zero-order valence-electron chi connectivity index (χ0n) is 15.0. The van der Waals surface area contributed by atoms with Crippen molar-refractivity contribution in [3.63, 3.8) is 0 Å². The highest BCUT2D eigenvalue weighted by Gasteiger charge is 2.27. The van der Waals surface area contributed by atoms with Gasteiger partial charge in [0.2, 0.25) is 0 Å². The van der Waals surface area contributed by atoms with Gasteiger partial charge < -0.3 is 15.0 Å². The summed E-state index contributed by atoms with van der Waals surface area (Å²) < 4.78 is 15.0. The first-order valence-corrected chi connectivity index (χ1v) is 8.93. The number of pyridine rings is 1. The fourth-order valence-electron chi connectivity index (χ4n) is 3.47. The van der Waals surface area contributed by atoms with Crippen LogP contribution in [0, 0.1) is 11.7 Å². The van der Waals surface area contributed by atoms with Gasteiger partial charge in [-0.1, -0.05) is 19.9 Å². The predicted molar refractivity (Wildman–Crippen MR) is 98.2 cm³/mol. The molecule has 1 aliphatic carbocycles. The molecule has 1 aromatic heterocycles. The van der Waals surface area contributed by atoms with Crippen molar-refractivity contribution in [2.45, 2.75) is 46.1 Å². The van der Waals surface area contributed by atoms with E-state index in [9.17, 15) is 19.1 Å². The lowest BCUT2D eigenvalue weighted by molar-refractivity contribution is 0.102. The molecule has 0 radical (unpaired) electrons. The fourth-order valence-corrected chi connectivity index (χ4v) is 3.47. The first-order valence-electron chi connectivity index (χ1n) is 8.93. The molecule has 138 valence electrons. The summed E-state index contributed by atoms with van der Waals surface area (Å²) in [5, 5.41) is 13.1. The van der Waals surface area contributed by atoms with Gasteiger partial charge in [-0.25, -0.2) is 4.39 Å². The van der Waals surface area contributed by atoms with E-state index < -0.39 is 17.3 Å². The number of nitrogens with zero attached hydrogens (tertiary/aromatic N) is 1. The van der Waals surface area contributed by atoms with Crippen molar-refractivity contribution in [2.75, 3.05) is 5.32 Å². The molecule has 2 aromatic rings. The standard InChI is InChI=1S/C20H23FN2O3/c1-12(2)11-23-16-9-4-3-8-15(16)18(24)17(20(23)26)19(25)22-14-7-5-6-13(21)10-14/h5-7,10,12,24H,3-4,8-9,11H2,1-2H3,(H,22,25). The molecule has 0 saturated carbocycles. The Morgan fingerprint density at radius 1 is 1.31 bits per heavy atom. The number of carbonyl (C=O) groups excluding carboxylic acids is 1. The van der Waals surface area contributed by atoms with Crippen LogP contribution in [0.4, 0.5) is 10.1 Å². The minimum atomic E-state index is -0.719. The molecule has 0 spiro atoms. The first kappa shape index (κ1) is 18.2. The summed E-state index contributed by atoms with van der Waals surface area (Å²) >= 11 is 0. The van der Waals surface area contributed by atoms with Gasteiger partial charge in [0.25, 0.3) is 11.5 Å². The molecule has 1 heterocycles. The summed E-state index contributed by atoms with van der Waals surface area (Å²) in [6.07, 6.45) is 3.22. The molecule has 1 amide bonds. The van der Waals surface area contributed by atoms with Crippen LogP contribution >= 0.6 is 0 Å². The molecule has 1 aromatic carbocycles. The molecule has 5 nitrogen and oxygen atoms in total. The molecule has 0 aliphatic heterocycles. The molecule has 0 saturated heterocycles. The molecule has 0 unspecified atom stereocenters. The van der Waals surface area contributed by atoms with E-state index in [1.165, 1.54) is 24.3 Å². The molecule has 2 N–H and O–H groups in total. The number of hydrogen-bond acceptors (Lipinski definition) is 3. The van der Waals surface area contributed by atoms with Crippen molar-refractivity contribution in [1.29, 1.82) is 0 Å². The molecular weight excluding hydrogens is 335 g/mol. The van der Waals surface area contributed by atoms with E-state index in [4.69, 9.17) is 0 Å². The smallest absolute Gasteiger partial charge is 0.267 e. The SMILES string of the molecule is CC(C)Cn1c2c(c(O)c(C(=O)Nc3cccc(F)c3)c1=O)CCCC2. The van der Waals surface area contributed by atoms with E-state index in [0.717, 1.165) is 25.0 Å². The number of nitrogens with one attached hydrogen (secondary N) is 1. The van der Waals surface area contributed by atoms with Crippen molar-refractivity contribution in [3.05, 3.63) is 57.3 Å². The van der Waals surface area contributed by atoms with Crippen molar-refractivity contribution >= 4 is 11.6 Å².